The number of rotatable bonds is 6. The van der Waals surface area contributed by atoms with Crippen molar-refractivity contribution in [2.24, 2.45) is 11.0 Å². The summed E-state index contributed by atoms with van der Waals surface area (Å²) in [5.74, 6) is -1.20. The fourth-order valence-corrected chi connectivity index (χ4v) is 1.74. The van der Waals surface area contributed by atoms with E-state index in [4.69, 9.17) is 0 Å². The van der Waals surface area contributed by atoms with Gasteiger partial charge >= 0.3 is 5.69 Å². The van der Waals surface area contributed by atoms with Gasteiger partial charge in [0, 0.05) is 0 Å². The molecule has 1 N–H and O–H groups in total. The first-order chi connectivity index (χ1) is 11.0. The Morgan fingerprint density at radius 3 is 2.83 bits per heavy atom. The summed E-state index contributed by atoms with van der Waals surface area (Å²) in [6.07, 6.45) is 3.77. The van der Waals surface area contributed by atoms with Crippen LogP contribution in [0.15, 0.2) is 41.8 Å². The van der Waals surface area contributed by atoms with Gasteiger partial charge in [0.2, 0.25) is 5.91 Å². The summed E-state index contributed by atoms with van der Waals surface area (Å²) in [5.41, 5.74) is 2.87. The van der Waals surface area contributed by atoms with Crippen LogP contribution in [0.25, 0.3) is 0 Å². The van der Waals surface area contributed by atoms with Gasteiger partial charge < -0.3 is 0 Å². The van der Waals surface area contributed by atoms with Crippen LogP contribution < -0.4 is 5.43 Å². The molecule has 0 saturated heterocycles. The summed E-state index contributed by atoms with van der Waals surface area (Å²) < 4.78 is 14.1. The maximum Gasteiger partial charge on any atom is 0.306 e. The van der Waals surface area contributed by atoms with Crippen LogP contribution in [0.2, 0.25) is 0 Å². The Kier molecular flexibility index (Phi) is 5.13. The van der Waals surface area contributed by atoms with Crippen LogP contribution in [0.1, 0.15) is 12.5 Å². The van der Waals surface area contributed by atoms with Crippen LogP contribution in [-0.2, 0) is 11.3 Å². The molecule has 2 aromatic rings. The second-order valence-electron chi connectivity index (χ2n) is 4.86. The lowest BCUT2D eigenvalue weighted by Gasteiger charge is -2.09. The third kappa shape index (κ3) is 4.70. The van der Waals surface area contributed by atoms with Gasteiger partial charge in [-0.1, -0.05) is 19.1 Å². The molecule has 2 rings (SSSR count). The molecule has 0 fully saturated rings. The van der Waals surface area contributed by atoms with E-state index in [0.717, 1.165) is 6.20 Å². The molecular weight excluding hydrogens is 305 g/mol. The van der Waals surface area contributed by atoms with Crippen LogP contribution in [-0.4, -0.2) is 26.8 Å². The Bertz CT molecular complexity index is 726. The first-order valence-corrected chi connectivity index (χ1v) is 6.71. The van der Waals surface area contributed by atoms with Gasteiger partial charge in [-0.2, -0.15) is 10.2 Å². The van der Waals surface area contributed by atoms with E-state index in [-0.39, 0.29) is 24.0 Å². The van der Waals surface area contributed by atoms with Gasteiger partial charge in [-0.3, -0.25) is 19.6 Å². The number of hydrazone groups is 1. The third-order valence-corrected chi connectivity index (χ3v) is 3.00. The molecule has 1 aromatic carbocycles. The summed E-state index contributed by atoms with van der Waals surface area (Å²) in [6, 6.07) is 5.63. The number of benzene rings is 1. The Morgan fingerprint density at radius 1 is 1.52 bits per heavy atom. The molecular formula is C14H14FN5O3. The Morgan fingerprint density at radius 2 is 2.22 bits per heavy atom. The lowest BCUT2D eigenvalue weighted by Crippen LogP contribution is -2.28. The number of aromatic nitrogens is 2. The predicted octanol–water partition coefficient (Wildman–Crippen LogP) is 1.72. The Balaban J connectivity index is 1.86. The molecule has 1 atom stereocenters. The number of halogens is 1. The van der Waals surface area contributed by atoms with Crippen molar-refractivity contribution in [1.29, 1.82) is 0 Å². The molecule has 0 saturated carbocycles. The zero-order chi connectivity index (χ0) is 16.8. The van der Waals surface area contributed by atoms with Crippen LogP contribution in [0.4, 0.5) is 10.1 Å². The molecule has 0 aliphatic rings. The quantitative estimate of drug-likeness (QED) is 0.497. The zero-order valence-electron chi connectivity index (χ0n) is 12.2. The minimum absolute atomic E-state index is 0.132. The van der Waals surface area contributed by atoms with Crippen molar-refractivity contribution in [3.63, 3.8) is 0 Å². The fourth-order valence-electron chi connectivity index (χ4n) is 1.74. The lowest BCUT2D eigenvalue weighted by atomic mass is 10.2. The van der Waals surface area contributed by atoms with Gasteiger partial charge in [0.25, 0.3) is 0 Å². The van der Waals surface area contributed by atoms with Crippen molar-refractivity contribution in [2.75, 3.05) is 0 Å². The zero-order valence-corrected chi connectivity index (χ0v) is 12.2. The number of hydrogen-bond donors (Lipinski definition) is 1. The van der Waals surface area contributed by atoms with Crippen molar-refractivity contribution < 1.29 is 14.1 Å². The van der Waals surface area contributed by atoms with E-state index in [1.54, 1.807) is 6.92 Å². The average Bonchev–Trinajstić information content (AvgIpc) is 2.98. The van der Waals surface area contributed by atoms with Crippen molar-refractivity contribution in [1.82, 2.24) is 15.2 Å². The molecule has 0 radical (unpaired) electrons. The van der Waals surface area contributed by atoms with E-state index < -0.39 is 10.8 Å². The van der Waals surface area contributed by atoms with Crippen molar-refractivity contribution >= 4 is 17.8 Å². The number of carbonyl (C=O) groups is 1. The molecule has 1 amide bonds. The van der Waals surface area contributed by atoms with Gasteiger partial charge in [0.05, 0.1) is 23.6 Å². The van der Waals surface area contributed by atoms with E-state index in [1.807, 2.05) is 0 Å². The molecule has 9 heteroatoms. The number of nitrogens with zero attached hydrogens (tertiary/aromatic N) is 4. The normalized spacial score (nSPS) is 12.3. The van der Waals surface area contributed by atoms with Crippen molar-refractivity contribution in [3.8, 4) is 0 Å². The first kappa shape index (κ1) is 16.3. The number of carbonyl (C=O) groups excluding carboxylic acids is 1. The summed E-state index contributed by atoms with van der Waals surface area (Å²) in [5, 5.41) is 18.2. The molecule has 0 spiro atoms. The van der Waals surface area contributed by atoms with Gasteiger partial charge in [-0.25, -0.2) is 9.82 Å². The first-order valence-electron chi connectivity index (χ1n) is 6.71. The average molecular weight is 319 g/mol. The van der Waals surface area contributed by atoms with Crippen LogP contribution in [0.3, 0.4) is 0 Å². The highest BCUT2D eigenvalue weighted by molar-refractivity contribution is 5.83. The second kappa shape index (κ2) is 7.25. The van der Waals surface area contributed by atoms with Crippen LogP contribution in [0, 0.1) is 21.8 Å². The van der Waals surface area contributed by atoms with E-state index >= 15 is 0 Å². The topological polar surface area (TPSA) is 102 Å². The maximum atomic E-state index is 12.7. The highest BCUT2D eigenvalue weighted by Crippen LogP contribution is 2.09. The SMILES string of the molecule is C[C@@H](Cn1cc([N+](=O)[O-])cn1)C(=O)N/N=C\c1ccc(F)cc1. The third-order valence-electron chi connectivity index (χ3n) is 3.00. The monoisotopic (exact) mass is 319 g/mol. The van der Waals surface area contributed by atoms with Gasteiger partial charge in [0.15, 0.2) is 0 Å². The lowest BCUT2D eigenvalue weighted by molar-refractivity contribution is -0.385. The smallest absolute Gasteiger partial charge is 0.273 e. The van der Waals surface area contributed by atoms with Crippen molar-refractivity contribution in [3.05, 3.63) is 58.2 Å². The highest BCUT2D eigenvalue weighted by atomic mass is 19.1. The Labute approximate surface area is 130 Å². The number of nitrogens with one attached hydrogen (secondary N) is 1. The molecule has 8 nitrogen and oxygen atoms in total. The molecule has 0 unspecified atom stereocenters. The Hall–Kier alpha value is -3.10. The summed E-state index contributed by atoms with van der Waals surface area (Å²) in [7, 11) is 0. The predicted molar refractivity (Wildman–Crippen MR) is 80.2 cm³/mol. The highest BCUT2D eigenvalue weighted by Gasteiger charge is 2.15. The summed E-state index contributed by atoms with van der Waals surface area (Å²) >= 11 is 0. The molecule has 0 aliphatic heterocycles. The van der Waals surface area contributed by atoms with Crippen LogP contribution in [0.5, 0.6) is 0 Å². The maximum absolute atomic E-state index is 12.7. The molecule has 1 aromatic heterocycles. The fraction of sp³-hybridized carbons (Fsp3) is 0.214. The summed E-state index contributed by atoms with van der Waals surface area (Å²) in [4.78, 5) is 21.9. The molecule has 0 aliphatic carbocycles. The minimum atomic E-state index is -0.554. The number of nitro groups is 1. The second-order valence-corrected chi connectivity index (χ2v) is 4.86. The molecule has 120 valence electrons. The van der Waals surface area contributed by atoms with E-state index in [0.29, 0.717) is 5.56 Å². The van der Waals surface area contributed by atoms with E-state index in [9.17, 15) is 19.3 Å². The number of hydrogen-bond acceptors (Lipinski definition) is 5. The van der Waals surface area contributed by atoms with Crippen LogP contribution >= 0.6 is 0 Å². The molecule has 23 heavy (non-hydrogen) atoms. The van der Waals surface area contributed by atoms with E-state index in [2.05, 4.69) is 15.6 Å². The van der Waals surface area contributed by atoms with Crippen molar-refractivity contribution in [2.45, 2.75) is 13.5 Å². The number of amides is 1. The standard InChI is InChI=1S/C14H14FN5O3/c1-10(8-19-9-13(7-17-19)20(22)23)14(21)18-16-6-11-2-4-12(15)5-3-11/h2-7,9-10H,8H2,1H3,(H,18,21)/b16-6-/t10-/m0/s1. The van der Waals surface area contributed by atoms with Gasteiger partial charge in [-0.05, 0) is 17.7 Å². The molecule has 1 heterocycles. The molecule has 0 bridgehead atoms. The van der Waals surface area contributed by atoms with Gasteiger partial charge in [-0.15, -0.1) is 0 Å². The van der Waals surface area contributed by atoms with Gasteiger partial charge in [0.1, 0.15) is 18.2 Å². The van der Waals surface area contributed by atoms with E-state index in [1.165, 1.54) is 41.4 Å². The largest absolute Gasteiger partial charge is 0.306 e. The summed E-state index contributed by atoms with van der Waals surface area (Å²) in [6.45, 7) is 1.84. The minimum Gasteiger partial charge on any atom is -0.273 e.